The van der Waals surface area contributed by atoms with Crippen molar-refractivity contribution in [3.05, 3.63) is 29.8 Å². The summed E-state index contributed by atoms with van der Waals surface area (Å²) in [7, 11) is 0. The maximum atomic E-state index is 10.8. The summed E-state index contributed by atoms with van der Waals surface area (Å²) < 4.78 is 0. The largest absolute Gasteiger partial charge is 0.395 e. The number of carbonyl (C=O) groups excluding carboxylic acids is 1. The first-order valence-electron chi connectivity index (χ1n) is 5.32. The van der Waals surface area contributed by atoms with E-state index in [4.69, 9.17) is 5.11 Å². The van der Waals surface area contributed by atoms with E-state index in [0.717, 1.165) is 11.3 Å². The first-order chi connectivity index (χ1) is 7.61. The topological polar surface area (TPSA) is 61.4 Å². The van der Waals surface area contributed by atoms with E-state index in [-0.39, 0.29) is 18.6 Å². The van der Waals surface area contributed by atoms with E-state index in [2.05, 4.69) is 10.6 Å². The summed E-state index contributed by atoms with van der Waals surface area (Å²) in [6.07, 6.45) is 0. The Hall–Kier alpha value is -1.39. The molecular formula is C12H18N2O2. The van der Waals surface area contributed by atoms with Crippen molar-refractivity contribution in [2.45, 2.75) is 26.4 Å². The summed E-state index contributed by atoms with van der Waals surface area (Å²) in [6.45, 7) is 4.25. The Kier molecular flexibility index (Phi) is 4.95. The van der Waals surface area contributed by atoms with Crippen molar-refractivity contribution in [2.24, 2.45) is 0 Å². The third-order valence-electron chi connectivity index (χ3n) is 2.20. The van der Waals surface area contributed by atoms with E-state index in [0.29, 0.717) is 6.54 Å². The number of anilines is 1. The highest BCUT2D eigenvalue weighted by molar-refractivity contribution is 5.88. The second-order valence-corrected chi connectivity index (χ2v) is 3.84. The lowest BCUT2D eigenvalue weighted by Gasteiger charge is -2.10. The fourth-order valence-electron chi connectivity index (χ4n) is 1.27. The van der Waals surface area contributed by atoms with Gasteiger partial charge < -0.3 is 15.7 Å². The van der Waals surface area contributed by atoms with Crippen molar-refractivity contribution < 1.29 is 9.90 Å². The van der Waals surface area contributed by atoms with Gasteiger partial charge >= 0.3 is 0 Å². The van der Waals surface area contributed by atoms with Crippen LogP contribution in [-0.4, -0.2) is 23.7 Å². The summed E-state index contributed by atoms with van der Waals surface area (Å²) in [5, 5.41) is 14.7. The molecule has 88 valence electrons. The smallest absolute Gasteiger partial charge is 0.221 e. The zero-order valence-electron chi connectivity index (χ0n) is 9.66. The number of hydrogen-bond donors (Lipinski definition) is 3. The standard InChI is InChI=1S/C12H18N2O2/c1-9(8-15)13-7-11-3-5-12(6-4-11)14-10(2)16/h3-6,9,13,15H,7-8H2,1-2H3,(H,14,16)/t9-/m1/s1. The van der Waals surface area contributed by atoms with Crippen LogP contribution in [0, 0.1) is 0 Å². The van der Waals surface area contributed by atoms with Gasteiger partial charge in [-0.05, 0) is 24.6 Å². The Morgan fingerprint density at radius 1 is 1.38 bits per heavy atom. The third-order valence-corrected chi connectivity index (χ3v) is 2.20. The summed E-state index contributed by atoms with van der Waals surface area (Å²) in [5.74, 6) is -0.0697. The van der Waals surface area contributed by atoms with Crippen LogP contribution in [0.15, 0.2) is 24.3 Å². The third kappa shape index (κ3) is 4.42. The number of nitrogens with one attached hydrogen (secondary N) is 2. The molecular weight excluding hydrogens is 204 g/mol. The van der Waals surface area contributed by atoms with Crippen molar-refractivity contribution >= 4 is 11.6 Å². The number of aliphatic hydroxyl groups excluding tert-OH is 1. The molecule has 3 N–H and O–H groups in total. The summed E-state index contributed by atoms with van der Waals surface area (Å²) in [4.78, 5) is 10.8. The highest BCUT2D eigenvalue weighted by Gasteiger charge is 1.99. The van der Waals surface area contributed by atoms with Crippen molar-refractivity contribution in [3.63, 3.8) is 0 Å². The molecule has 0 aliphatic carbocycles. The lowest BCUT2D eigenvalue weighted by atomic mass is 10.2. The number of hydrogen-bond acceptors (Lipinski definition) is 3. The van der Waals surface area contributed by atoms with Gasteiger partial charge in [0, 0.05) is 25.2 Å². The van der Waals surface area contributed by atoms with Gasteiger partial charge in [0.25, 0.3) is 0 Å². The minimum atomic E-state index is -0.0697. The summed E-state index contributed by atoms with van der Waals surface area (Å²) >= 11 is 0. The second-order valence-electron chi connectivity index (χ2n) is 3.84. The van der Waals surface area contributed by atoms with Gasteiger partial charge in [0.05, 0.1) is 6.61 Å². The molecule has 0 unspecified atom stereocenters. The van der Waals surface area contributed by atoms with Gasteiger partial charge in [-0.25, -0.2) is 0 Å². The van der Waals surface area contributed by atoms with Gasteiger partial charge in [0.2, 0.25) is 5.91 Å². The zero-order chi connectivity index (χ0) is 12.0. The first-order valence-corrected chi connectivity index (χ1v) is 5.32. The van der Waals surface area contributed by atoms with Crippen molar-refractivity contribution in [1.82, 2.24) is 5.32 Å². The fourth-order valence-corrected chi connectivity index (χ4v) is 1.27. The van der Waals surface area contributed by atoms with E-state index < -0.39 is 0 Å². The van der Waals surface area contributed by atoms with Gasteiger partial charge in [-0.15, -0.1) is 0 Å². The van der Waals surface area contributed by atoms with Crippen LogP contribution in [-0.2, 0) is 11.3 Å². The maximum Gasteiger partial charge on any atom is 0.221 e. The molecule has 1 rings (SSSR count). The average molecular weight is 222 g/mol. The monoisotopic (exact) mass is 222 g/mol. The molecule has 4 nitrogen and oxygen atoms in total. The van der Waals surface area contributed by atoms with E-state index in [1.807, 2.05) is 31.2 Å². The molecule has 1 aromatic carbocycles. The zero-order valence-corrected chi connectivity index (χ0v) is 9.66. The summed E-state index contributed by atoms with van der Waals surface area (Å²) in [5.41, 5.74) is 1.92. The van der Waals surface area contributed by atoms with Gasteiger partial charge in [-0.1, -0.05) is 12.1 Å². The maximum absolute atomic E-state index is 10.8. The van der Waals surface area contributed by atoms with Crippen LogP contribution in [0.1, 0.15) is 19.4 Å². The lowest BCUT2D eigenvalue weighted by Crippen LogP contribution is -2.28. The molecule has 0 aliphatic rings. The number of carbonyl (C=O) groups is 1. The molecule has 1 amide bonds. The molecule has 0 bridgehead atoms. The molecule has 0 fully saturated rings. The number of rotatable bonds is 5. The Morgan fingerprint density at radius 3 is 2.50 bits per heavy atom. The quantitative estimate of drug-likeness (QED) is 0.699. The molecule has 0 radical (unpaired) electrons. The van der Waals surface area contributed by atoms with Crippen LogP contribution in [0.4, 0.5) is 5.69 Å². The van der Waals surface area contributed by atoms with Gasteiger partial charge in [0.1, 0.15) is 0 Å². The Balaban J connectivity index is 2.48. The SMILES string of the molecule is CC(=O)Nc1ccc(CN[C@H](C)CO)cc1. The molecule has 0 saturated heterocycles. The van der Waals surface area contributed by atoms with E-state index in [1.165, 1.54) is 6.92 Å². The lowest BCUT2D eigenvalue weighted by molar-refractivity contribution is -0.114. The van der Waals surface area contributed by atoms with Crippen LogP contribution >= 0.6 is 0 Å². The number of aliphatic hydroxyl groups is 1. The highest BCUT2D eigenvalue weighted by atomic mass is 16.3. The average Bonchev–Trinajstić information content (AvgIpc) is 2.27. The van der Waals surface area contributed by atoms with E-state index in [1.54, 1.807) is 0 Å². The van der Waals surface area contributed by atoms with Crippen molar-refractivity contribution in [3.8, 4) is 0 Å². The minimum absolute atomic E-state index is 0.0697. The van der Waals surface area contributed by atoms with Crippen LogP contribution in [0.5, 0.6) is 0 Å². The Labute approximate surface area is 95.7 Å². The molecule has 1 atom stereocenters. The molecule has 1 aromatic rings. The van der Waals surface area contributed by atoms with E-state index in [9.17, 15) is 4.79 Å². The van der Waals surface area contributed by atoms with E-state index >= 15 is 0 Å². The minimum Gasteiger partial charge on any atom is -0.395 e. The molecule has 16 heavy (non-hydrogen) atoms. The number of benzene rings is 1. The van der Waals surface area contributed by atoms with Crippen molar-refractivity contribution in [2.75, 3.05) is 11.9 Å². The molecule has 0 aliphatic heterocycles. The van der Waals surface area contributed by atoms with Crippen LogP contribution in [0.25, 0.3) is 0 Å². The van der Waals surface area contributed by atoms with Crippen LogP contribution in [0.3, 0.4) is 0 Å². The number of amides is 1. The molecule has 0 spiro atoms. The molecule has 4 heteroatoms. The highest BCUT2D eigenvalue weighted by Crippen LogP contribution is 2.09. The Morgan fingerprint density at radius 2 is 2.00 bits per heavy atom. The molecule has 0 aromatic heterocycles. The predicted molar refractivity (Wildman–Crippen MR) is 64.1 cm³/mol. The van der Waals surface area contributed by atoms with Gasteiger partial charge in [-0.3, -0.25) is 4.79 Å². The van der Waals surface area contributed by atoms with Crippen LogP contribution < -0.4 is 10.6 Å². The Bertz CT molecular complexity index is 335. The van der Waals surface area contributed by atoms with Gasteiger partial charge in [0.15, 0.2) is 0 Å². The fraction of sp³-hybridized carbons (Fsp3) is 0.417. The first kappa shape index (κ1) is 12.7. The predicted octanol–water partition coefficient (Wildman–Crippen LogP) is 1.12. The van der Waals surface area contributed by atoms with Crippen molar-refractivity contribution in [1.29, 1.82) is 0 Å². The normalized spacial score (nSPS) is 12.2. The molecule has 0 heterocycles. The summed E-state index contributed by atoms with van der Waals surface area (Å²) in [6, 6.07) is 7.71. The van der Waals surface area contributed by atoms with Gasteiger partial charge in [-0.2, -0.15) is 0 Å². The molecule has 0 saturated carbocycles. The second kappa shape index (κ2) is 6.25. The van der Waals surface area contributed by atoms with Crippen LogP contribution in [0.2, 0.25) is 0 Å².